The van der Waals surface area contributed by atoms with Gasteiger partial charge in [0.25, 0.3) is 0 Å². The molecule has 0 N–H and O–H groups in total. The van der Waals surface area contributed by atoms with Crippen molar-refractivity contribution >= 4 is 0 Å². The molecule has 0 saturated heterocycles. The van der Waals surface area contributed by atoms with Gasteiger partial charge in [-0.05, 0) is 115 Å². The van der Waals surface area contributed by atoms with Crippen molar-refractivity contribution in [3.8, 4) is 0 Å². The maximum absolute atomic E-state index is 2.62. The number of hydrogen-bond donors (Lipinski definition) is 0. The molecule has 7 unspecified atom stereocenters. The summed E-state index contributed by atoms with van der Waals surface area (Å²) < 4.78 is 0. The molecule has 174 valence electrons. The first kappa shape index (κ1) is 23.2. The Morgan fingerprint density at radius 1 is 0.933 bits per heavy atom. The quantitative estimate of drug-likeness (QED) is 0.298. The summed E-state index contributed by atoms with van der Waals surface area (Å²) in [5.41, 5.74) is 2.14. The van der Waals surface area contributed by atoms with E-state index in [2.05, 4.69) is 55.4 Å². The monoisotopic (exact) mass is 414 g/mol. The van der Waals surface area contributed by atoms with Crippen LogP contribution in [0.25, 0.3) is 0 Å². The molecule has 4 saturated carbocycles. The van der Waals surface area contributed by atoms with E-state index in [4.69, 9.17) is 0 Å². The van der Waals surface area contributed by atoms with Crippen molar-refractivity contribution in [1.29, 1.82) is 0 Å². The minimum absolute atomic E-state index is 0.617. The van der Waals surface area contributed by atoms with E-state index in [-0.39, 0.29) is 0 Å². The van der Waals surface area contributed by atoms with Crippen LogP contribution < -0.4 is 0 Å². The Labute approximate surface area is 189 Å². The molecule has 0 amide bonds. The Morgan fingerprint density at radius 2 is 1.53 bits per heavy atom. The maximum atomic E-state index is 2.62. The largest absolute Gasteiger partial charge is 0.0651 e. The molecule has 7 atom stereocenters. The zero-order valence-corrected chi connectivity index (χ0v) is 21.9. The third-order valence-corrected chi connectivity index (χ3v) is 12.3. The number of rotatable bonds is 12. The maximum Gasteiger partial charge on any atom is -0.0266 e. The van der Waals surface area contributed by atoms with Gasteiger partial charge >= 0.3 is 0 Å². The first-order chi connectivity index (χ1) is 14.1. The van der Waals surface area contributed by atoms with Gasteiger partial charge < -0.3 is 0 Å². The average molecular weight is 415 g/mol. The summed E-state index contributed by atoms with van der Waals surface area (Å²) in [4.78, 5) is 0. The molecule has 0 nitrogen and oxygen atoms in total. The van der Waals surface area contributed by atoms with Crippen LogP contribution in [-0.4, -0.2) is 0 Å². The van der Waals surface area contributed by atoms with Crippen molar-refractivity contribution in [2.24, 2.45) is 63.6 Å². The molecule has 4 rings (SSSR count). The van der Waals surface area contributed by atoms with E-state index in [1.165, 1.54) is 44.9 Å². The summed E-state index contributed by atoms with van der Waals surface area (Å²) >= 11 is 0. The predicted molar refractivity (Wildman–Crippen MR) is 131 cm³/mol. The lowest BCUT2D eigenvalue weighted by atomic mass is 9.45. The van der Waals surface area contributed by atoms with Gasteiger partial charge in [-0.15, -0.1) is 0 Å². The third-order valence-electron chi connectivity index (χ3n) is 12.3. The Bertz CT molecular complexity index is 585. The van der Waals surface area contributed by atoms with E-state index >= 15 is 0 Å². The molecule has 0 aromatic heterocycles. The SMILES string of the molecule is CCC(CC)CC1(C)C(C)C(CCCC2(C3CC3C(C)CC3(C)CC3C)CC2)C1C. The second-order valence-electron chi connectivity index (χ2n) is 13.8. The van der Waals surface area contributed by atoms with Crippen LogP contribution in [0.15, 0.2) is 0 Å². The Hall–Kier alpha value is 0. The molecule has 0 spiro atoms. The zero-order valence-electron chi connectivity index (χ0n) is 21.9. The molecular formula is C30H54. The van der Waals surface area contributed by atoms with Crippen LogP contribution in [0.4, 0.5) is 0 Å². The van der Waals surface area contributed by atoms with Gasteiger partial charge in [0, 0.05) is 0 Å². The highest BCUT2D eigenvalue weighted by atomic mass is 14.7. The molecular weight excluding hydrogens is 360 g/mol. The summed E-state index contributed by atoms with van der Waals surface area (Å²) in [6.45, 7) is 20.2. The fourth-order valence-electron chi connectivity index (χ4n) is 8.79. The van der Waals surface area contributed by atoms with Crippen LogP contribution >= 0.6 is 0 Å². The van der Waals surface area contributed by atoms with Crippen molar-refractivity contribution < 1.29 is 0 Å². The average Bonchev–Trinajstić information content (AvgIpc) is 3.61. The van der Waals surface area contributed by atoms with E-state index < -0.39 is 0 Å². The van der Waals surface area contributed by atoms with Crippen molar-refractivity contribution in [2.45, 2.75) is 126 Å². The molecule has 4 aliphatic carbocycles. The first-order valence-corrected chi connectivity index (χ1v) is 14.1. The summed E-state index contributed by atoms with van der Waals surface area (Å²) in [7, 11) is 0. The van der Waals surface area contributed by atoms with Crippen LogP contribution in [0.2, 0.25) is 0 Å². The van der Waals surface area contributed by atoms with Gasteiger partial charge in [0.15, 0.2) is 0 Å². The molecule has 30 heavy (non-hydrogen) atoms. The second kappa shape index (κ2) is 8.09. The molecule has 4 aliphatic rings. The molecule has 0 heterocycles. The topological polar surface area (TPSA) is 0 Å². The second-order valence-corrected chi connectivity index (χ2v) is 13.8. The summed E-state index contributed by atoms with van der Waals surface area (Å²) in [6.07, 6.45) is 16.5. The fourth-order valence-corrected chi connectivity index (χ4v) is 8.79. The minimum atomic E-state index is 0.617. The molecule has 4 fully saturated rings. The van der Waals surface area contributed by atoms with Gasteiger partial charge in [0.1, 0.15) is 0 Å². The Balaban J connectivity index is 1.21. The molecule has 0 aromatic rings. The highest BCUT2D eigenvalue weighted by Crippen LogP contribution is 2.70. The van der Waals surface area contributed by atoms with E-state index in [0.29, 0.717) is 10.8 Å². The van der Waals surface area contributed by atoms with E-state index in [1.807, 2.05) is 0 Å². The van der Waals surface area contributed by atoms with Crippen molar-refractivity contribution in [3.05, 3.63) is 0 Å². The predicted octanol–water partition coefficient (Wildman–Crippen LogP) is 9.38. The molecule has 0 aliphatic heterocycles. The van der Waals surface area contributed by atoms with E-state index in [9.17, 15) is 0 Å². The van der Waals surface area contributed by atoms with Gasteiger partial charge in [-0.2, -0.15) is 0 Å². The van der Waals surface area contributed by atoms with Crippen LogP contribution in [0.1, 0.15) is 126 Å². The molecule has 0 radical (unpaired) electrons. The molecule has 0 heteroatoms. The van der Waals surface area contributed by atoms with Gasteiger partial charge in [-0.3, -0.25) is 0 Å². The third kappa shape index (κ3) is 4.05. The Morgan fingerprint density at radius 3 is 2.03 bits per heavy atom. The van der Waals surface area contributed by atoms with Crippen molar-refractivity contribution in [1.82, 2.24) is 0 Å². The van der Waals surface area contributed by atoms with Gasteiger partial charge in [0.2, 0.25) is 0 Å². The van der Waals surface area contributed by atoms with E-state index in [1.54, 1.807) is 25.7 Å². The van der Waals surface area contributed by atoms with Gasteiger partial charge in [-0.1, -0.05) is 74.7 Å². The summed E-state index contributed by atoms with van der Waals surface area (Å²) in [5, 5.41) is 0. The van der Waals surface area contributed by atoms with Crippen LogP contribution in [0.5, 0.6) is 0 Å². The smallest absolute Gasteiger partial charge is 0.0266 e. The summed E-state index contributed by atoms with van der Waals surface area (Å²) in [6, 6.07) is 0. The fraction of sp³-hybridized carbons (Fsp3) is 1.00. The van der Waals surface area contributed by atoms with Crippen LogP contribution in [0.3, 0.4) is 0 Å². The van der Waals surface area contributed by atoms with Gasteiger partial charge in [0.05, 0.1) is 0 Å². The van der Waals surface area contributed by atoms with Crippen LogP contribution in [-0.2, 0) is 0 Å². The summed E-state index contributed by atoms with van der Waals surface area (Å²) in [5.74, 6) is 8.02. The zero-order chi connectivity index (χ0) is 21.9. The lowest BCUT2D eigenvalue weighted by molar-refractivity contribution is -0.111. The standard InChI is InChI=1S/C30H54/c1-9-24(10-2)19-29(8)22(5)25(23(29)6)12-11-13-30(14-15-30)27-16-26(27)20(3)17-28(7)18-21(28)4/h20-27H,9-19H2,1-8H3. The van der Waals surface area contributed by atoms with Crippen LogP contribution in [0, 0.1) is 63.6 Å². The minimum Gasteiger partial charge on any atom is -0.0651 e. The lowest BCUT2D eigenvalue weighted by Crippen LogP contribution is -2.53. The van der Waals surface area contributed by atoms with Gasteiger partial charge in [-0.25, -0.2) is 0 Å². The number of hydrogen-bond acceptors (Lipinski definition) is 0. The highest BCUT2D eigenvalue weighted by molar-refractivity contribution is 5.10. The lowest BCUT2D eigenvalue weighted by Gasteiger charge is -2.60. The normalized spacial score (nSPS) is 47.1. The highest BCUT2D eigenvalue weighted by Gasteiger charge is 2.61. The molecule has 0 bridgehead atoms. The van der Waals surface area contributed by atoms with Crippen molar-refractivity contribution in [2.75, 3.05) is 0 Å². The first-order valence-electron chi connectivity index (χ1n) is 14.1. The molecule has 0 aromatic carbocycles. The van der Waals surface area contributed by atoms with E-state index in [0.717, 1.165) is 52.8 Å². The Kier molecular flexibility index (Phi) is 6.25. The van der Waals surface area contributed by atoms with Crippen molar-refractivity contribution in [3.63, 3.8) is 0 Å².